The number of hydrogen-bond acceptors (Lipinski definition) is 2. The normalized spacial score (nSPS) is 14.8. The first-order valence-electron chi connectivity index (χ1n) is 7.09. The minimum absolute atomic E-state index is 0.0875. The molecule has 0 atom stereocenters. The largest absolute Gasteiger partial charge is 0.353 e. The van der Waals surface area contributed by atoms with E-state index in [4.69, 9.17) is 0 Å². The van der Waals surface area contributed by atoms with Crippen LogP contribution in [0.3, 0.4) is 0 Å². The van der Waals surface area contributed by atoms with Gasteiger partial charge in [0.25, 0.3) is 0 Å². The third-order valence-corrected chi connectivity index (χ3v) is 3.34. The molecular formula is C15H21N3O2. The minimum atomic E-state index is -0.139. The van der Waals surface area contributed by atoms with E-state index in [1.54, 1.807) is 4.90 Å². The zero-order valence-electron chi connectivity index (χ0n) is 11.6. The summed E-state index contributed by atoms with van der Waals surface area (Å²) in [4.78, 5) is 24.5. The second-order valence-corrected chi connectivity index (χ2v) is 4.95. The molecule has 108 valence electrons. The summed E-state index contributed by atoms with van der Waals surface area (Å²) in [6, 6.07) is 10.2. The number of nitrogens with one attached hydrogen (secondary N) is 2. The molecule has 0 bridgehead atoms. The maximum absolute atomic E-state index is 11.8. The Morgan fingerprint density at radius 3 is 2.80 bits per heavy atom. The third-order valence-electron chi connectivity index (χ3n) is 3.34. The molecular weight excluding hydrogens is 254 g/mol. The van der Waals surface area contributed by atoms with E-state index in [0.29, 0.717) is 19.6 Å². The fraction of sp³-hybridized carbons (Fsp3) is 0.467. The highest BCUT2D eigenvalue weighted by atomic mass is 16.2. The van der Waals surface area contributed by atoms with Gasteiger partial charge in [0.2, 0.25) is 5.91 Å². The standard InChI is InChI=1S/C15H21N3O2/c19-14-12-18(11-10-16-14)15(20)17-9-5-4-8-13-6-2-1-3-7-13/h1-3,6-7H,4-5,8-12H2,(H,16,19)(H,17,20). The second kappa shape index (κ2) is 7.53. The van der Waals surface area contributed by atoms with Crippen LogP contribution in [0.2, 0.25) is 0 Å². The van der Waals surface area contributed by atoms with Crippen molar-refractivity contribution in [3.63, 3.8) is 0 Å². The minimum Gasteiger partial charge on any atom is -0.353 e. The average Bonchev–Trinajstić information content (AvgIpc) is 2.48. The van der Waals surface area contributed by atoms with E-state index in [1.165, 1.54) is 5.56 Å². The van der Waals surface area contributed by atoms with E-state index >= 15 is 0 Å². The van der Waals surface area contributed by atoms with Gasteiger partial charge in [-0.05, 0) is 24.8 Å². The van der Waals surface area contributed by atoms with Gasteiger partial charge in [-0.25, -0.2) is 4.79 Å². The smallest absolute Gasteiger partial charge is 0.317 e. The Labute approximate surface area is 119 Å². The van der Waals surface area contributed by atoms with Gasteiger partial charge in [-0.15, -0.1) is 0 Å². The van der Waals surface area contributed by atoms with Gasteiger partial charge >= 0.3 is 6.03 Å². The molecule has 2 rings (SSSR count). The molecule has 2 N–H and O–H groups in total. The fourth-order valence-electron chi connectivity index (χ4n) is 2.22. The van der Waals surface area contributed by atoms with Crippen molar-refractivity contribution in [1.82, 2.24) is 15.5 Å². The molecule has 0 radical (unpaired) electrons. The molecule has 5 heteroatoms. The lowest BCUT2D eigenvalue weighted by Gasteiger charge is -2.26. The van der Waals surface area contributed by atoms with Gasteiger partial charge < -0.3 is 15.5 Å². The average molecular weight is 275 g/mol. The van der Waals surface area contributed by atoms with Crippen LogP contribution in [-0.2, 0) is 11.2 Å². The molecule has 3 amide bonds. The van der Waals surface area contributed by atoms with Crippen molar-refractivity contribution in [2.75, 3.05) is 26.2 Å². The molecule has 1 saturated heterocycles. The van der Waals surface area contributed by atoms with Crippen LogP contribution in [0.1, 0.15) is 18.4 Å². The first kappa shape index (κ1) is 14.4. The quantitative estimate of drug-likeness (QED) is 0.792. The maximum Gasteiger partial charge on any atom is 0.317 e. The summed E-state index contributed by atoms with van der Waals surface area (Å²) in [5.41, 5.74) is 1.33. The van der Waals surface area contributed by atoms with Gasteiger partial charge in [-0.1, -0.05) is 30.3 Å². The molecule has 1 aromatic rings. The van der Waals surface area contributed by atoms with Crippen molar-refractivity contribution in [2.45, 2.75) is 19.3 Å². The third kappa shape index (κ3) is 4.57. The zero-order valence-corrected chi connectivity index (χ0v) is 11.6. The Hall–Kier alpha value is -2.04. The first-order valence-corrected chi connectivity index (χ1v) is 7.09. The topological polar surface area (TPSA) is 61.4 Å². The summed E-state index contributed by atoms with van der Waals surface area (Å²) < 4.78 is 0. The highest BCUT2D eigenvalue weighted by Crippen LogP contribution is 2.04. The first-order chi connectivity index (χ1) is 9.75. The highest BCUT2D eigenvalue weighted by Gasteiger charge is 2.20. The number of carbonyl (C=O) groups is 2. The van der Waals surface area contributed by atoms with E-state index < -0.39 is 0 Å². The lowest BCUT2D eigenvalue weighted by molar-refractivity contribution is -0.123. The van der Waals surface area contributed by atoms with Crippen LogP contribution < -0.4 is 10.6 Å². The van der Waals surface area contributed by atoms with Crippen LogP contribution in [-0.4, -0.2) is 43.0 Å². The van der Waals surface area contributed by atoms with Crippen molar-refractivity contribution in [1.29, 1.82) is 0 Å². The number of carbonyl (C=O) groups excluding carboxylic acids is 2. The molecule has 0 aliphatic carbocycles. The van der Waals surface area contributed by atoms with E-state index in [0.717, 1.165) is 19.3 Å². The van der Waals surface area contributed by atoms with Crippen molar-refractivity contribution in [2.24, 2.45) is 0 Å². The summed E-state index contributed by atoms with van der Waals surface area (Å²) in [5, 5.41) is 5.57. The number of rotatable bonds is 5. The zero-order chi connectivity index (χ0) is 14.2. The molecule has 1 heterocycles. The lowest BCUT2D eigenvalue weighted by Crippen LogP contribution is -2.53. The summed E-state index contributed by atoms with van der Waals surface area (Å²) in [7, 11) is 0. The maximum atomic E-state index is 11.8. The number of amides is 3. The van der Waals surface area contributed by atoms with Crippen molar-refractivity contribution < 1.29 is 9.59 Å². The van der Waals surface area contributed by atoms with Crippen LogP contribution in [0.5, 0.6) is 0 Å². The van der Waals surface area contributed by atoms with Crippen LogP contribution in [0, 0.1) is 0 Å². The Morgan fingerprint density at radius 2 is 2.05 bits per heavy atom. The van der Waals surface area contributed by atoms with Gasteiger partial charge in [0.1, 0.15) is 6.54 Å². The predicted octanol–water partition coefficient (Wildman–Crippen LogP) is 1.15. The van der Waals surface area contributed by atoms with Crippen LogP contribution >= 0.6 is 0 Å². The van der Waals surface area contributed by atoms with E-state index in [1.807, 2.05) is 18.2 Å². The molecule has 1 fully saturated rings. The van der Waals surface area contributed by atoms with Crippen LogP contribution in [0.15, 0.2) is 30.3 Å². The van der Waals surface area contributed by atoms with Gasteiger partial charge in [0.15, 0.2) is 0 Å². The van der Waals surface area contributed by atoms with Gasteiger partial charge in [-0.2, -0.15) is 0 Å². The van der Waals surface area contributed by atoms with Gasteiger partial charge in [-0.3, -0.25) is 4.79 Å². The molecule has 0 spiro atoms. The SMILES string of the molecule is O=C1CN(C(=O)NCCCCc2ccccc2)CCN1. The molecule has 1 aliphatic rings. The van der Waals surface area contributed by atoms with Crippen LogP contribution in [0.25, 0.3) is 0 Å². The number of hydrogen-bond donors (Lipinski definition) is 2. The number of nitrogens with zero attached hydrogens (tertiary/aromatic N) is 1. The summed E-state index contributed by atoms with van der Waals surface area (Å²) >= 11 is 0. The van der Waals surface area contributed by atoms with Crippen LogP contribution in [0.4, 0.5) is 4.79 Å². The van der Waals surface area contributed by atoms with E-state index in [9.17, 15) is 9.59 Å². The second-order valence-electron chi connectivity index (χ2n) is 4.95. The summed E-state index contributed by atoms with van der Waals surface area (Å²) in [6.45, 7) is 1.95. The lowest BCUT2D eigenvalue weighted by atomic mass is 10.1. The molecule has 1 aliphatic heterocycles. The molecule has 0 unspecified atom stereocenters. The fourth-order valence-corrected chi connectivity index (χ4v) is 2.22. The molecule has 1 aromatic carbocycles. The van der Waals surface area contributed by atoms with Gasteiger partial charge in [0.05, 0.1) is 0 Å². The number of unbranched alkanes of at least 4 members (excludes halogenated alkanes) is 1. The highest BCUT2D eigenvalue weighted by molar-refractivity contribution is 5.85. The van der Waals surface area contributed by atoms with Crippen molar-refractivity contribution in [3.05, 3.63) is 35.9 Å². The summed E-state index contributed by atoms with van der Waals surface area (Å²) in [5.74, 6) is -0.0875. The Morgan fingerprint density at radius 1 is 1.25 bits per heavy atom. The van der Waals surface area contributed by atoms with E-state index in [2.05, 4.69) is 22.8 Å². The Kier molecular flexibility index (Phi) is 5.41. The van der Waals surface area contributed by atoms with Gasteiger partial charge in [0, 0.05) is 19.6 Å². The molecule has 20 heavy (non-hydrogen) atoms. The Bertz CT molecular complexity index is 448. The molecule has 0 saturated carbocycles. The van der Waals surface area contributed by atoms with Crippen molar-refractivity contribution in [3.8, 4) is 0 Å². The number of aryl methyl sites for hydroxylation is 1. The van der Waals surface area contributed by atoms with E-state index in [-0.39, 0.29) is 18.5 Å². The predicted molar refractivity (Wildman–Crippen MR) is 77.4 cm³/mol. The number of benzene rings is 1. The monoisotopic (exact) mass is 275 g/mol. The number of urea groups is 1. The molecule has 0 aromatic heterocycles. The summed E-state index contributed by atoms with van der Waals surface area (Å²) in [6.07, 6.45) is 3.02. The van der Waals surface area contributed by atoms with Crippen molar-refractivity contribution >= 4 is 11.9 Å². The molecule has 5 nitrogen and oxygen atoms in total. The Balaban J connectivity index is 1.58. The number of piperazine rings is 1.